The molecule has 0 aliphatic rings. The Morgan fingerprint density at radius 3 is 2.79 bits per heavy atom. The second-order valence-electron chi connectivity index (χ2n) is 4.49. The van der Waals surface area contributed by atoms with Gasteiger partial charge in [0.1, 0.15) is 5.01 Å². The molecule has 0 spiro atoms. The third kappa shape index (κ3) is 4.13. The summed E-state index contributed by atoms with van der Waals surface area (Å²) in [5.74, 6) is 0. The molecule has 0 saturated carbocycles. The number of benzene rings is 1. The van der Waals surface area contributed by atoms with Gasteiger partial charge in [0.15, 0.2) is 0 Å². The summed E-state index contributed by atoms with van der Waals surface area (Å²) >= 11 is 1.68. The number of aliphatic hydroxyl groups is 1. The summed E-state index contributed by atoms with van der Waals surface area (Å²) in [6.45, 7) is 3.14. The zero-order valence-corrected chi connectivity index (χ0v) is 12.0. The standard InChI is InChI=1S/C15H20N2OS/c1-2-13(8-9-18)16-10-15-17-14(11-19-15)12-6-4-3-5-7-12/h3-7,11,13,16,18H,2,8-10H2,1H3. The lowest BCUT2D eigenvalue weighted by Crippen LogP contribution is -2.28. The van der Waals surface area contributed by atoms with Crippen molar-refractivity contribution in [2.24, 2.45) is 0 Å². The van der Waals surface area contributed by atoms with Crippen LogP contribution in [-0.2, 0) is 6.54 Å². The monoisotopic (exact) mass is 276 g/mol. The molecular formula is C15H20N2OS. The van der Waals surface area contributed by atoms with Gasteiger partial charge in [0.2, 0.25) is 0 Å². The quantitative estimate of drug-likeness (QED) is 0.817. The first-order chi connectivity index (χ1) is 9.33. The van der Waals surface area contributed by atoms with E-state index in [0.717, 1.165) is 35.7 Å². The Bertz CT molecular complexity index is 484. The number of hydrogen-bond acceptors (Lipinski definition) is 4. The highest BCUT2D eigenvalue weighted by Crippen LogP contribution is 2.21. The molecule has 1 aromatic heterocycles. The Labute approximate surface area is 118 Å². The molecule has 3 nitrogen and oxygen atoms in total. The van der Waals surface area contributed by atoms with Crippen molar-refractivity contribution in [3.63, 3.8) is 0 Å². The van der Waals surface area contributed by atoms with Crippen LogP contribution in [0.3, 0.4) is 0 Å². The SMILES string of the molecule is CCC(CCO)NCc1nc(-c2ccccc2)cs1. The Kier molecular flexibility index (Phi) is 5.51. The summed E-state index contributed by atoms with van der Waals surface area (Å²) in [6.07, 6.45) is 1.82. The molecule has 0 amide bonds. The highest BCUT2D eigenvalue weighted by Gasteiger charge is 2.07. The second-order valence-corrected chi connectivity index (χ2v) is 5.43. The number of aromatic nitrogens is 1. The van der Waals surface area contributed by atoms with Crippen LogP contribution < -0.4 is 5.32 Å². The van der Waals surface area contributed by atoms with Gasteiger partial charge in [-0.25, -0.2) is 4.98 Å². The van der Waals surface area contributed by atoms with Gasteiger partial charge in [-0.3, -0.25) is 0 Å². The van der Waals surface area contributed by atoms with Crippen LogP contribution in [0.15, 0.2) is 35.7 Å². The first kappa shape index (κ1) is 14.2. The maximum atomic E-state index is 8.96. The van der Waals surface area contributed by atoms with Gasteiger partial charge in [0.25, 0.3) is 0 Å². The van der Waals surface area contributed by atoms with E-state index < -0.39 is 0 Å². The van der Waals surface area contributed by atoms with Crippen molar-refractivity contribution in [2.75, 3.05) is 6.61 Å². The summed E-state index contributed by atoms with van der Waals surface area (Å²) in [5, 5.41) is 15.6. The summed E-state index contributed by atoms with van der Waals surface area (Å²) in [5.41, 5.74) is 2.20. The van der Waals surface area contributed by atoms with Crippen LogP contribution in [0.4, 0.5) is 0 Å². The van der Waals surface area contributed by atoms with Gasteiger partial charge < -0.3 is 10.4 Å². The van der Waals surface area contributed by atoms with Crippen LogP contribution in [-0.4, -0.2) is 22.7 Å². The molecule has 4 heteroatoms. The maximum absolute atomic E-state index is 8.96. The van der Waals surface area contributed by atoms with Crippen molar-refractivity contribution in [1.29, 1.82) is 0 Å². The van der Waals surface area contributed by atoms with E-state index in [2.05, 4.69) is 34.7 Å². The molecule has 1 aromatic carbocycles. The summed E-state index contributed by atoms with van der Waals surface area (Å²) in [4.78, 5) is 4.64. The lowest BCUT2D eigenvalue weighted by molar-refractivity contribution is 0.262. The van der Waals surface area contributed by atoms with Crippen LogP contribution in [0.25, 0.3) is 11.3 Å². The van der Waals surface area contributed by atoms with Crippen molar-refractivity contribution in [3.05, 3.63) is 40.7 Å². The first-order valence-electron chi connectivity index (χ1n) is 6.67. The number of nitrogens with one attached hydrogen (secondary N) is 1. The summed E-state index contributed by atoms with van der Waals surface area (Å²) in [7, 11) is 0. The average molecular weight is 276 g/mol. The van der Waals surface area contributed by atoms with Gasteiger partial charge in [-0.05, 0) is 12.8 Å². The molecule has 1 heterocycles. The van der Waals surface area contributed by atoms with E-state index >= 15 is 0 Å². The Balaban J connectivity index is 1.94. The molecule has 2 rings (SSSR count). The summed E-state index contributed by atoms with van der Waals surface area (Å²) in [6, 6.07) is 10.6. The second kappa shape index (κ2) is 7.38. The van der Waals surface area contributed by atoms with E-state index in [1.165, 1.54) is 0 Å². The Morgan fingerprint density at radius 2 is 2.11 bits per heavy atom. The Morgan fingerprint density at radius 1 is 1.32 bits per heavy atom. The van der Waals surface area contributed by atoms with Crippen molar-refractivity contribution in [1.82, 2.24) is 10.3 Å². The zero-order chi connectivity index (χ0) is 13.5. The molecule has 2 N–H and O–H groups in total. The molecule has 0 bridgehead atoms. The number of hydrogen-bond donors (Lipinski definition) is 2. The fourth-order valence-corrected chi connectivity index (χ4v) is 2.73. The largest absolute Gasteiger partial charge is 0.396 e. The van der Waals surface area contributed by atoms with Crippen molar-refractivity contribution < 1.29 is 5.11 Å². The molecule has 102 valence electrons. The van der Waals surface area contributed by atoms with Gasteiger partial charge in [-0.2, -0.15) is 0 Å². The molecule has 0 radical (unpaired) electrons. The first-order valence-corrected chi connectivity index (χ1v) is 7.55. The molecule has 2 aromatic rings. The number of thiazole rings is 1. The topological polar surface area (TPSA) is 45.1 Å². The van der Waals surface area contributed by atoms with Crippen molar-refractivity contribution in [2.45, 2.75) is 32.4 Å². The van der Waals surface area contributed by atoms with Crippen LogP contribution in [0, 0.1) is 0 Å². The maximum Gasteiger partial charge on any atom is 0.107 e. The van der Waals surface area contributed by atoms with Crippen LogP contribution in [0.2, 0.25) is 0 Å². The van der Waals surface area contributed by atoms with Gasteiger partial charge in [-0.15, -0.1) is 11.3 Å². The smallest absolute Gasteiger partial charge is 0.107 e. The lowest BCUT2D eigenvalue weighted by Gasteiger charge is -2.14. The number of rotatable bonds is 7. The molecule has 0 aliphatic heterocycles. The zero-order valence-electron chi connectivity index (χ0n) is 11.2. The van der Waals surface area contributed by atoms with Crippen LogP contribution in [0.5, 0.6) is 0 Å². The summed E-state index contributed by atoms with van der Waals surface area (Å²) < 4.78 is 0. The highest BCUT2D eigenvalue weighted by atomic mass is 32.1. The minimum atomic E-state index is 0.235. The van der Waals surface area contributed by atoms with E-state index in [0.29, 0.717) is 6.04 Å². The molecular weight excluding hydrogens is 256 g/mol. The van der Waals surface area contributed by atoms with E-state index in [4.69, 9.17) is 5.11 Å². The molecule has 0 aliphatic carbocycles. The van der Waals surface area contributed by atoms with E-state index in [-0.39, 0.29) is 6.61 Å². The highest BCUT2D eigenvalue weighted by molar-refractivity contribution is 7.09. The molecule has 1 unspecified atom stereocenters. The third-order valence-corrected chi connectivity index (χ3v) is 3.98. The molecule has 0 saturated heterocycles. The van der Waals surface area contributed by atoms with E-state index in [9.17, 15) is 0 Å². The minimum Gasteiger partial charge on any atom is -0.396 e. The fourth-order valence-electron chi connectivity index (χ4n) is 1.97. The molecule has 0 fully saturated rings. The molecule has 1 atom stereocenters. The van der Waals surface area contributed by atoms with E-state index in [1.54, 1.807) is 11.3 Å². The van der Waals surface area contributed by atoms with Gasteiger partial charge in [0, 0.05) is 30.1 Å². The fraction of sp³-hybridized carbons (Fsp3) is 0.400. The van der Waals surface area contributed by atoms with Gasteiger partial charge >= 0.3 is 0 Å². The normalized spacial score (nSPS) is 12.5. The Hall–Kier alpha value is -1.23. The average Bonchev–Trinajstić information content (AvgIpc) is 2.93. The predicted molar refractivity (Wildman–Crippen MR) is 80.2 cm³/mol. The van der Waals surface area contributed by atoms with Crippen molar-refractivity contribution in [3.8, 4) is 11.3 Å². The van der Waals surface area contributed by atoms with Crippen LogP contribution in [0.1, 0.15) is 24.8 Å². The third-order valence-electron chi connectivity index (χ3n) is 3.13. The predicted octanol–water partition coefficient (Wildman–Crippen LogP) is 3.06. The molecule has 19 heavy (non-hydrogen) atoms. The van der Waals surface area contributed by atoms with Crippen molar-refractivity contribution >= 4 is 11.3 Å². The van der Waals surface area contributed by atoms with Gasteiger partial charge in [-0.1, -0.05) is 37.3 Å². The minimum absolute atomic E-state index is 0.235. The number of nitrogens with zero attached hydrogens (tertiary/aromatic N) is 1. The van der Waals surface area contributed by atoms with Gasteiger partial charge in [0.05, 0.1) is 5.69 Å². The lowest BCUT2D eigenvalue weighted by atomic mass is 10.1. The van der Waals surface area contributed by atoms with E-state index in [1.807, 2.05) is 18.2 Å². The van der Waals surface area contributed by atoms with Crippen LogP contribution >= 0.6 is 11.3 Å². The number of aliphatic hydroxyl groups excluding tert-OH is 1.